The van der Waals surface area contributed by atoms with Gasteiger partial charge in [-0.05, 0) is 72.8 Å². The van der Waals surface area contributed by atoms with Crippen molar-refractivity contribution in [2.75, 3.05) is 0 Å². The van der Waals surface area contributed by atoms with Crippen LogP contribution in [0.3, 0.4) is 0 Å². The quantitative estimate of drug-likeness (QED) is 0.148. The van der Waals surface area contributed by atoms with Gasteiger partial charge in [-0.2, -0.15) is 0 Å². The Kier molecular flexibility index (Phi) is 6.06. The van der Waals surface area contributed by atoms with Gasteiger partial charge in [0.05, 0.1) is 34.8 Å². The average molecular weight is 627 g/mol. The van der Waals surface area contributed by atoms with Gasteiger partial charge in [-0.25, -0.2) is 4.98 Å². The Morgan fingerprint density at radius 3 is 2.02 bits per heavy atom. The summed E-state index contributed by atoms with van der Waals surface area (Å²) >= 11 is 0. The average Bonchev–Trinajstić information content (AvgIpc) is 3.67. The third-order valence-corrected chi connectivity index (χ3v) is 9.94. The molecule has 0 aliphatic heterocycles. The first-order valence-electron chi connectivity index (χ1n) is 16.6. The molecule has 0 fully saturated rings. The van der Waals surface area contributed by atoms with Crippen LogP contribution in [0.15, 0.2) is 158 Å². The molecule has 0 radical (unpaired) electrons. The Hall–Kier alpha value is -6.52. The van der Waals surface area contributed by atoms with Crippen LogP contribution >= 0.6 is 0 Å². The van der Waals surface area contributed by atoms with Crippen LogP contribution in [-0.2, 0) is 7.05 Å². The highest BCUT2D eigenvalue weighted by Crippen LogP contribution is 2.34. The van der Waals surface area contributed by atoms with E-state index in [1.165, 1.54) is 47.6 Å². The summed E-state index contributed by atoms with van der Waals surface area (Å²) in [7, 11) is 2.07. The van der Waals surface area contributed by atoms with Crippen molar-refractivity contribution in [2.24, 2.45) is 7.05 Å². The van der Waals surface area contributed by atoms with E-state index >= 15 is 0 Å². The van der Waals surface area contributed by atoms with Crippen molar-refractivity contribution in [3.63, 3.8) is 0 Å². The van der Waals surface area contributed by atoms with E-state index in [1.54, 1.807) is 0 Å². The molecule has 4 heteroatoms. The van der Waals surface area contributed by atoms with Gasteiger partial charge in [-0.3, -0.25) is 4.57 Å². The fraction of sp³-hybridized carbons (Fsp3) is 0.0222. The first kappa shape index (κ1) is 27.6. The summed E-state index contributed by atoms with van der Waals surface area (Å²) in [6.07, 6.45) is 7.89. The van der Waals surface area contributed by atoms with Crippen LogP contribution in [-0.4, -0.2) is 14.1 Å². The molecule has 6 aromatic carbocycles. The third-order valence-electron chi connectivity index (χ3n) is 9.94. The maximum Gasteiger partial charge on any atom is 0.244 e. The van der Waals surface area contributed by atoms with E-state index in [0.29, 0.717) is 0 Å². The van der Waals surface area contributed by atoms with Crippen molar-refractivity contribution in [1.29, 1.82) is 0 Å². The molecule has 10 rings (SSSR count). The molecule has 0 bridgehead atoms. The van der Waals surface area contributed by atoms with Crippen LogP contribution in [0.4, 0.5) is 0 Å². The lowest BCUT2D eigenvalue weighted by Crippen LogP contribution is -2.27. The summed E-state index contributed by atoms with van der Waals surface area (Å²) in [5, 5.41) is 9.61. The van der Waals surface area contributed by atoms with E-state index in [2.05, 4.69) is 179 Å². The first-order chi connectivity index (χ1) is 24.2. The zero-order valence-electron chi connectivity index (χ0n) is 26.9. The number of imidazole rings is 1. The molecule has 0 saturated heterocycles. The van der Waals surface area contributed by atoms with Crippen molar-refractivity contribution in [2.45, 2.75) is 0 Å². The Morgan fingerprint density at radius 1 is 0.551 bits per heavy atom. The van der Waals surface area contributed by atoms with Gasteiger partial charge in [0.1, 0.15) is 5.82 Å². The lowest BCUT2D eigenvalue weighted by molar-refractivity contribution is -0.649. The third kappa shape index (κ3) is 4.17. The molecule has 0 spiro atoms. The molecule has 49 heavy (non-hydrogen) atoms. The van der Waals surface area contributed by atoms with Crippen LogP contribution in [0.5, 0.6) is 0 Å². The van der Waals surface area contributed by atoms with E-state index in [1.807, 2.05) is 12.3 Å². The van der Waals surface area contributed by atoms with Crippen molar-refractivity contribution in [1.82, 2.24) is 14.1 Å². The summed E-state index contributed by atoms with van der Waals surface area (Å²) in [6, 6.07) is 54.4. The minimum atomic E-state index is 0.907. The first-order valence-corrected chi connectivity index (χ1v) is 16.6. The normalized spacial score (nSPS) is 15.6. The molecule has 4 nitrogen and oxygen atoms in total. The number of para-hydroxylation sites is 3. The Balaban J connectivity index is 1.38. The Bertz CT molecular complexity index is 3120. The summed E-state index contributed by atoms with van der Waals surface area (Å²) in [5.74, 6) is 0.907. The monoisotopic (exact) mass is 626 g/mol. The predicted octanol–water partition coefficient (Wildman–Crippen LogP) is 7.45. The number of fused-ring (bicyclic) bond motifs is 7. The van der Waals surface area contributed by atoms with Crippen molar-refractivity contribution >= 4 is 44.6 Å². The smallest absolute Gasteiger partial charge is 0.244 e. The highest BCUT2D eigenvalue weighted by atomic mass is 15.1. The number of benzene rings is 6. The summed E-state index contributed by atoms with van der Waals surface area (Å²) in [5.41, 5.74) is 7.92. The number of pyridine rings is 1. The van der Waals surface area contributed by atoms with E-state index in [9.17, 15) is 0 Å². The van der Waals surface area contributed by atoms with E-state index < -0.39 is 0 Å². The minimum absolute atomic E-state index is 0.907. The van der Waals surface area contributed by atoms with Crippen LogP contribution in [0, 0.1) is 27.2 Å². The maximum atomic E-state index is 4.78. The number of nitrogens with zero attached hydrogens (tertiary/aromatic N) is 4. The number of aryl methyl sites for hydroxylation is 1. The zero-order valence-corrected chi connectivity index (χ0v) is 26.9. The molecule has 1 aliphatic carbocycles. The SMILES string of the molecule is C[n+]1[c-]n(C2=c3\cccc\c3=c3/cccc/c3=c3\cccc(-c4ccc5c6ccccc6n(-c6ccccn6)c5c4)\c3=C\2)c2ccccc21. The van der Waals surface area contributed by atoms with Gasteiger partial charge in [0, 0.05) is 17.0 Å². The molecule has 0 atom stereocenters. The molecule has 230 valence electrons. The number of hydrogen-bond acceptors (Lipinski definition) is 1. The second-order valence-corrected chi connectivity index (χ2v) is 12.6. The standard InChI is InChI=1S/C45H30N4/c1-47-29-48(42-22-9-8-21-41(42)47)43-28-39-31(18-12-19-35(39)33-14-3-2-13-32(33)34-15-4-5-16-36(34)43)30-24-25-38-37-17-6-7-20-40(37)49(44(38)27-30)45-23-10-11-26-46-45/h2-28H,1H3/b34-32-,35-33-,39-28-,43-28?,43-36+. The second-order valence-electron chi connectivity index (χ2n) is 12.6. The van der Waals surface area contributed by atoms with Gasteiger partial charge in [0.15, 0.2) is 0 Å². The second kappa shape index (κ2) is 10.8. The van der Waals surface area contributed by atoms with E-state index in [4.69, 9.17) is 4.98 Å². The Labute approximate surface area is 282 Å². The van der Waals surface area contributed by atoms with Gasteiger partial charge in [0.25, 0.3) is 0 Å². The van der Waals surface area contributed by atoms with E-state index in [-0.39, 0.29) is 0 Å². The molecular formula is C45H30N4. The predicted molar refractivity (Wildman–Crippen MR) is 197 cm³/mol. The minimum Gasteiger partial charge on any atom is -0.319 e. The van der Waals surface area contributed by atoms with Gasteiger partial charge >= 0.3 is 0 Å². The van der Waals surface area contributed by atoms with Gasteiger partial charge in [0.2, 0.25) is 6.33 Å². The lowest BCUT2D eigenvalue weighted by Gasteiger charge is -2.13. The molecular weight excluding hydrogens is 597 g/mol. The summed E-state index contributed by atoms with van der Waals surface area (Å²) in [6.45, 7) is 0. The number of rotatable bonds is 3. The molecule has 3 aromatic heterocycles. The molecule has 0 amide bonds. The summed E-state index contributed by atoms with van der Waals surface area (Å²) in [4.78, 5) is 4.78. The van der Waals surface area contributed by atoms with Crippen LogP contribution in [0.1, 0.15) is 0 Å². The van der Waals surface area contributed by atoms with Crippen LogP contribution in [0.2, 0.25) is 0 Å². The van der Waals surface area contributed by atoms with Gasteiger partial charge in [-0.1, -0.05) is 127 Å². The maximum absolute atomic E-state index is 4.78. The largest absolute Gasteiger partial charge is 0.319 e. The van der Waals surface area contributed by atoms with Crippen LogP contribution in [0.25, 0.3) is 61.6 Å². The number of hydrogen-bond donors (Lipinski definition) is 0. The molecule has 3 heterocycles. The highest BCUT2D eigenvalue weighted by Gasteiger charge is 2.16. The van der Waals surface area contributed by atoms with Crippen molar-refractivity contribution in [3.8, 4) is 16.9 Å². The van der Waals surface area contributed by atoms with Gasteiger partial charge < -0.3 is 9.13 Å². The highest BCUT2D eigenvalue weighted by molar-refractivity contribution is 6.10. The molecule has 9 aromatic rings. The lowest BCUT2D eigenvalue weighted by atomic mass is 9.96. The van der Waals surface area contributed by atoms with Gasteiger partial charge in [-0.15, -0.1) is 0 Å². The fourth-order valence-electron chi connectivity index (χ4n) is 7.75. The molecule has 0 saturated carbocycles. The molecule has 0 N–H and O–H groups in total. The number of aromatic nitrogens is 4. The topological polar surface area (TPSA) is 26.6 Å². The van der Waals surface area contributed by atoms with Crippen LogP contribution < -0.4 is 15.0 Å². The fourth-order valence-corrected chi connectivity index (χ4v) is 7.75. The molecule has 1 aliphatic rings. The zero-order chi connectivity index (χ0) is 32.5. The van der Waals surface area contributed by atoms with E-state index in [0.717, 1.165) is 39.1 Å². The van der Waals surface area contributed by atoms with Crippen molar-refractivity contribution < 1.29 is 4.57 Å². The molecule has 0 unspecified atom stereocenters. The Morgan fingerprint density at radius 2 is 1.20 bits per heavy atom. The van der Waals surface area contributed by atoms with Crippen molar-refractivity contribution in [3.05, 3.63) is 195 Å². The summed E-state index contributed by atoms with van der Waals surface area (Å²) < 4.78 is 6.60.